The third kappa shape index (κ3) is 4.33. The van der Waals surface area contributed by atoms with Crippen LogP contribution in [0.2, 0.25) is 0 Å². The number of amides is 3. The van der Waals surface area contributed by atoms with Gasteiger partial charge in [0.15, 0.2) is 0 Å². The number of hydrogen-bond donors (Lipinski definition) is 1. The highest BCUT2D eigenvalue weighted by atomic mass is 16.5. The Morgan fingerprint density at radius 3 is 2.55 bits per heavy atom. The summed E-state index contributed by atoms with van der Waals surface area (Å²) in [5, 5.41) is 12.1. The maximum absolute atomic E-state index is 13.2. The van der Waals surface area contributed by atoms with E-state index in [0.29, 0.717) is 17.9 Å². The number of allylic oxidation sites excluding steroid dienone is 2. The number of phenolic OH excluding ortho intramolecular Hbond substituents is 1. The Kier molecular flexibility index (Phi) is 7.14. The summed E-state index contributed by atoms with van der Waals surface area (Å²) in [5.41, 5.74) is 4.68. The molecule has 2 aromatic rings. The first-order valence-corrected chi connectivity index (χ1v) is 13.5. The molecule has 0 saturated carbocycles. The van der Waals surface area contributed by atoms with E-state index in [4.69, 9.17) is 9.47 Å². The van der Waals surface area contributed by atoms with Crippen LogP contribution < -0.4 is 0 Å². The van der Waals surface area contributed by atoms with E-state index < -0.39 is 29.7 Å². The number of carbonyl (C=O) groups is 3. The molecule has 200 valence electrons. The van der Waals surface area contributed by atoms with Gasteiger partial charge in [-0.1, -0.05) is 68.3 Å². The van der Waals surface area contributed by atoms with E-state index in [1.54, 1.807) is 6.07 Å². The van der Waals surface area contributed by atoms with Crippen LogP contribution >= 0.6 is 0 Å². The summed E-state index contributed by atoms with van der Waals surface area (Å²) in [6, 6.07) is 11.5. The average molecular weight is 518 g/mol. The van der Waals surface area contributed by atoms with Gasteiger partial charge in [-0.25, -0.2) is 4.79 Å². The van der Waals surface area contributed by atoms with Crippen molar-refractivity contribution < 1.29 is 29.0 Å². The topological polar surface area (TPSA) is 93.1 Å². The lowest BCUT2D eigenvalue weighted by Gasteiger charge is -2.33. The zero-order valence-electron chi connectivity index (χ0n) is 22.4. The van der Waals surface area contributed by atoms with Crippen molar-refractivity contribution in [3.8, 4) is 5.75 Å². The van der Waals surface area contributed by atoms with Crippen LogP contribution in [0.3, 0.4) is 0 Å². The SMILES string of the molecule is CC/C(=C\c1ccc(O)c2ccccc12)CC[C@H]1OC[C@H]2C1=C(C(C)C)C[C@H]1C(=O)N(C(=O)OC)C(=O)[C@H]12. The molecule has 0 bridgehead atoms. The first kappa shape index (κ1) is 26.2. The van der Waals surface area contributed by atoms with Gasteiger partial charge in [-0.3, -0.25) is 9.59 Å². The van der Waals surface area contributed by atoms with E-state index in [-0.39, 0.29) is 23.7 Å². The van der Waals surface area contributed by atoms with Gasteiger partial charge in [-0.2, -0.15) is 4.90 Å². The molecule has 38 heavy (non-hydrogen) atoms. The van der Waals surface area contributed by atoms with Gasteiger partial charge in [0.05, 0.1) is 31.7 Å². The summed E-state index contributed by atoms with van der Waals surface area (Å²) in [4.78, 5) is 39.2. The Morgan fingerprint density at radius 2 is 1.87 bits per heavy atom. The van der Waals surface area contributed by atoms with Crippen molar-refractivity contribution in [2.75, 3.05) is 13.7 Å². The summed E-state index contributed by atoms with van der Waals surface area (Å²) in [6.45, 7) is 6.74. The van der Waals surface area contributed by atoms with Crippen LogP contribution in [0.25, 0.3) is 16.8 Å². The molecule has 0 aromatic heterocycles. The number of imide groups is 3. The van der Waals surface area contributed by atoms with Crippen molar-refractivity contribution >= 4 is 34.8 Å². The highest BCUT2D eigenvalue weighted by Gasteiger charge is 2.59. The standard InChI is InChI=1S/C31H35NO6/c1-5-18(14-19-11-12-25(33)21-9-7-6-8-20(19)21)10-13-26-27-22(17(2)3)15-23-28(24(27)16-38-26)30(35)32(29(23)34)31(36)37-4/h6-9,11-12,14,17,23-24,26,28,33H,5,10,13,15-16H2,1-4H3/b18-14+/t23-,24+,26-,28-/m1/s1. The molecule has 0 radical (unpaired) electrons. The molecule has 2 aliphatic heterocycles. The van der Waals surface area contributed by atoms with E-state index in [9.17, 15) is 19.5 Å². The Labute approximate surface area is 223 Å². The van der Waals surface area contributed by atoms with Crippen molar-refractivity contribution in [2.24, 2.45) is 23.7 Å². The number of nitrogens with zero attached hydrogens (tertiary/aromatic N) is 1. The summed E-state index contributed by atoms with van der Waals surface area (Å²) in [6.07, 6.45) is 4.13. The molecule has 2 saturated heterocycles. The molecule has 2 aromatic carbocycles. The molecule has 1 aliphatic carbocycles. The highest BCUT2D eigenvalue weighted by Crippen LogP contribution is 2.51. The van der Waals surface area contributed by atoms with Gasteiger partial charge in [0.1, 0.15) is 5.75 Å². The number of aromatic hydroxyl groups is 1. The third-order valence-electron chi connectivity index (χ3n) is 8.47. The number of rotatable bonds is 6. The molecule has 0 spiro atoms. The fourth-order valence-electron chi connectivity index (χ4n) is 6.55. The van der Waals surface area contributed by atoms with Gasteiger partial charge in [-0.15, -0.1) is 0 Å². The first-order valence-electron chi connectivity index (χ1n) is 13.5. The van der Waals surface area contributed by atoms with Gasteiger partial charge in [-0.05, 0) is 54.2 Å². The summed E-state index contributed by atoms with van der Waals surface area (Å²) in [7, 11) is 1.18. The third-order valence-corrected chi connectivity index (χ3v) is 8.47. The van der Waals surface area contributed by atoms with Gasteiger partial charge in [0.2, 0.25) is 11.8 Å². The zero-order valence-corrected chi connectivity index (χ0v) is 22.4. The fraction of sp³-hybridized carbons (Fsp3) is 0.452. The van der Waals surface area contributed by atoms with Gasteiger partial charge in [0, 0.05) is 11.3 Å². The molecule has 1 N–H and O–H groups in total. The Balaban J connectivity index is 1.40. The predicted octanol–water partition coefficient (Wildman–Crippen LogP) is 5.86. The van der Waals surface area contributed by atoms with E-state index >= 15 is 0 Å². The molecule has 7 heteroatoms. The molecule has 2 fully saturated rings. The monoisotopic (exact) mass is 517 g/mol. The molecule has 2 heterocycles. The Hall–Kier alpha value is -3.45. The van der Waals surface area contributed by atoms with Crippen LogP contribution in [-0.2, 0) is 19.1 Å². The van der Waals surface area contributed by atoms with E-state index in [1.165, 1.54) is 18.3 Å². The second-order valence-electron chi connectivity index (χ2n) is 10.8. The molecule has 3 aliphatic rings. The van der Waals surface area contributed by atoms with E-state index in [0.717, 1.165) is 41.2 Å². The number of phenols is 1. The van der Waals surface area contributed by atoms with Gasteiger partial charge >= 0.3 is 6.09 Å². The number of likely N-dealkylation sites (tertiary alicyclic amines) is 1. The lowest BCUT2D eigenvalue weighted by atomic mass is 9.67. The minimum Gasteiger partial charge on any atom is -0.507 e. The quantitative estimate of drug-likeness (QED) is 0.381. The zero-order chi connectivity index (χ0) is 27.1. The molecule has 5 rings (SSSR count). The van der Waals surface area contributed by atoms with Crippen LogP contribution in [0.5, 0.6) is 5.75 Å². The van der Waals surface area contributed by atoms with E-state index in [1.807, 2.05) is 30.3 Å². The molecule has 7 nitrogen and oxygen atoms in total. The van der Waals surface area contributed by atoms with Crippen molar-refractivity contribution in [3.63, 3.8) is 0 Å². The summed E-state index contributed by atoms with van der Waals surface area (Å²) in [5.74, 6) is -1.75. The predicted molar refractivity (Wildman–Crippen MR) is 144 cm³/mol. The number of benzene rings is 2. The molecule has 0 unspecified atom stereocenters. The second kappa shape index (κ2) is 10.4. The van der Waals surface area contributed by atoms with Crippen molar-refractivity contribution in [1.82, 2.24) is 4.90 Å². The molecular formula is C31H35NO6. The number of fused-ring (bicyclic) bond motifs is 4. The second-order valence-corrected chi connectivity index (χ2v) is 10.8. The average Bonchev–Trinajstić information content (AvgIpc) is 3.45. The smallest absolute Gasteiger partial charge is 0.423 e. The number of methoxy groups -OCH3 is 1. The van der Waals surface area contributed by atoms with Crippen molar-refractivity contribution in [3.05, 3.63) is 58.7 Å². The number of carbonyl (C=O) groups excluding carboxylic acids is 3. The lowest BCUT2D eigenvalue weighted by Crippen LogP contribution is -2.38. The normalized spacial score (nSPS) is 25.4. The Morgan fingerprint density at radius 1 is 1.13 bits per heavy atom. The minimum absolute atomic E-state index is 0.125. The lowest BCUT2D eigenvalue weighted by molar-refractivity contribution is -0.137. The van der Waals surface area contributed by atoms with Crippen molar-refractivity contribution in [2.45, 2.75) is 52.6 Å². The first-order chi connectivity index (χ1) is 18.3. The number of hydrogen-bond acceptors (Lipinski definition) is 6. The van der Waals surface area contributed by atoms with Gasteiger partial charge in [0.25, 0.3) is 0 Å². The highest BCUT2D eigenvalue weighted by molar-refractivity contribution is 6.16. The molecular weight excluding hydrogens is 482 g/mol. The fourth-order valence-corrected chi connectivity index (χ4v) is 6.55. The van der Waals surface area contributed by atoms with Crippen LogP contribution in [-0.4, -0.2) is 47.7 Å². The molecule has 4 atom stereocenters. The van der Waals surface area contributed by atoms with Crippen LogP contribution in [0.1, 0.15) is 52.0 Å². The maximum atomic E-state index is 13.2. The Bertz CT molecular complexity index is 1360. The van der Waals surface area contributed by atoms with Crippen LogP contribution in [0.4, 0.5) is 4.79 Å². The minimum atomic E-state index is -0.906. The van der Waals surface area contributed by atoms with Crippen molar-refractivity contribution in [1.29, 1.82) is 0 Å². The van der Waals surface area contributed by atoms with E-state index in [2.05, 4.69) is 26.8 Å². The maximum Gasteiger partial charge on any atom is 0.423 e. The largest absolute Gasteiger partial charge is 0.507 e. The summed E-state index contributed by atoms with van der Waals surface area (Å²) < 4.78 is 11.0. The summed E-state index contributed by atoms with van der Waals surface area (Å²) >= 11 is 0. The van der Waals surface area contributed by atoms with Crippen LogP contribution in [0.15, 0.2) is 53.1 Å². The number of ether oxygens (including phenoxy) is 2. The van der Waals surface area contributed by atoms with Gasteiger partial charge < -0.3 is 14.6 Å². The molecule has 3 amide bonds. The van der Waals surface area contributed by atoms with Crippen LogP contribution in [0, 0.1) is 23.7 Å².